The Kier molecular flexibility index (Phi) is 6.41. The molecule has 0 aliphatic carbocycles. The molecule has 0 saturated carbocycles. The van der Waals surface area contributed by atoms with Crippen LogP contribution >= 0.6 is 0 Å². The third-order valence-corrected chi connectivity index (χ3v) is 4.44. The van der Waals surface area contributed by atoms with Gasteiger partial charge in [0.25, 0.3) is 0 Å². The maximum absolute atomic E-state index is 9.19. The quantitative estimate of drug-likeness (QED) is 0.834. The van der Waals surface area contributed by atoms with E-state index in [1.807, 2.05) is 12.1 Å². The number of ether oxygens (including phenoxy) is 2. The van der Waals surface area contributed by atoms with Crippen LogP contribution in [-0.4, -0.2) is 24.6 Å². The van der Waals surface area contributed by atoms with Gasteiger partial charge in [-0.3, -0.25) is 0 Å². The van der Waals surface area contributed by atoms with Crippen LogP contribution in [0.2, 0.25) is 0 Å². The van der Waals surface area contributed by atoms with Crippen LogP contribution in [0.5, 0.6) is 0 Å². The number of aliphatic hydroxyl groups excluding tert-OH is 1. The highest BCUT2D eigenvalue weighted by molar-refractivity contribution is 5.27. The molecule has 1 N–H and O–H groups in total. The average molecular weight is 326 g/mol. The predicted octanol–water partition coefficient (Wildman–Crippen LogP) is 4.05. The molecule has 1 fully saturated rings. The average Bonchev–Trinajstić information content (AvgIpc) is 2.63. The van der Waals surface area contributed by atoms with Gasteiger partial charge < -0.3 is 14.6 Å². The summed E-state index contributed by atoms with van der Waals surface area (Å²) in [7, 11) is 0. The topological polar surface area (TPSA) is 38.7 Å². The van der Waals surface area contributed by atoms with E-state index in [9.17, 15) is 5.11 Å². The van der Waals surface area contributed by atoms with E-state index in [1.54, 1.807) is 0 Å². The molecule has 1 aliphatic rings. The van der Waals surface area contributed by atoms with Crippen LogP contribution in [-0.2, 0) is 22.3 Å². The van der Waals surface area contributed by atoms with Crippen molar-refractivity contribution in [2.75, 3.05) is 13.2 Å². The minimum absolute atomic E-state index is 0.0332. The second-order valence-electron chi connectivity index (χ2n) is 6.33. The van der Waals surface area contributed by atoms with Crippen molar-refractivity contribution in [2.24, 2.45) is 0 Å². The lowest BCUT2D eigenvalue weighted by Crippen LogP contribution is -2.25. The zero-order valence-corrected chi connectivity index (χ0v) is 14.1. The molecule has 24 heavy (non-hydrogen) atoms. The number of hydrogen-bond donors (Lipinski definition) is 1. The summed E-state index contributed by atoms with van der Waals surface area (Å²) < 4.78 is 12.1. The van der Waals surface area contributed by atoms with E-state index in [0.717, 1.165) is 43.4 Å². The minimum Gasteiger partial charge on any atom is -0.396 e. The molecule has 128 valence electrons. The molecular weight excluding hydrogens is 300 g/mol. The molecule has 0 spiro atoms. The van der Waals surface area contributed by atoms with Crippen LogP contribution in [0.15, 0.2) is 54.6 Å². The fraction of sp³-hybridized carbons (Fsp3) is 0.429. The molecule has 0 bridgehead atoms. The summed E-state index contributed by atoms with van der Waals surface area (Å²) in [6.07, 6.45) is 4.59. The van der Waals surface area contributed by atoms with E-state index in [1.165, 1.54) is 5.56 Å². The SMILES string of the molecule is OCCc1cccc(C(Cc2ccccc2)OC2CCCCO2)c1. The maximum atomic E-state index is 9.19. The smallest absolute Gasteiger partial charge is 0.158 e. The number of benzene rings is 2. The Labute approximate surface area is 144 Å². The molecule has 2 atom stereocenters. The fourth-order valence-electron chi connectivity index (χ4n) is 3.15. The summed E-state index contributed by atoms with van der Waals surface area (Å²) in [5.74, 6) is 0. The molecule has 1 heterocycles. The zero-order chi connectivity index (χ0) is 16.6. The van der Waals surface area contributed by atoms with Crippen LogP contribution in [0.1, 0.15) is 42.1 Å². The third kappa shape index (κ3) is 4.91. The van der Waals surface area contributed by atoms with Gasteiger partial charge in [-0.2, -0.15) is 0 Å². The summed E-state index contributed by atoms with van der Waals surface area (Å²) in [4.78, 5) is 0. The highest BCUT2D eigenvalue weighted by Crippen LogP contribution is 2.28. The Morgan fingerprint density at radius 2 is 1.88 bits per heavy atom. The van der Waals surface area contributed by atoms with Crippen molar-refractivity contribution in [3.63, 3.8) is 0 Å². The molecule has 3 heteroatoms. The predicted molar refractivity (Wildman–Crippen MR) is 94.8 cm³/mol. The Morgan fingerprint density at radius 1 is 1.04 bits per heavy atom. The van der Waals surface area contributed by atoms with Crippen molar-refractivity contribution in [1.82, 2.24) is 0 Å². The third-order valence-electron chi connectivity index (χ3n) is 4.44. The highest BCUT2D eigenvalue weighted by atomic mass is 16.7. The minimum atomic E-state index is -0.117. The Hall–Kier alpha value is -1.68. The van der Waals surface area contributed by atoms with E-state index in [4.69, 9.17) is 9.47 Å². The molecule has 0 aromatic heterocycles. The van der Waals surface area contributed by atoms with Crippen LogP contribution in [0.4, 0.5) is 0 Å². The molecule has 2 unspecified atom stereocenters. The summed E-state index contributed by atoms with van der Waals surface area (Å²) >= 11 is 0. The molecule has 1 saturated heterocycles. The first-order valence-corrected chi connectivity index (χ1v) is 8.86. The normalized spacial score (nSPS) is 19.1. The first-order valence-electron chi connectivity index (χ1n) is 8.86. The Morgan fingerprint density at radius 3 is 2.62 bits per heavy atom. The van der Waals surface area contributed by atoms with Gasteiger partial charge in [0.15, 0.2) is 6.29 Å². The van der Waals surface area contributed by atoms with Gasteiger partial charge in [-0.25, -0.2) is 0 Å². The van der Waals surface area contributed by atoms with Gasteiger partial charge >= 0.3 is 0 Å². The van der Waals surface area contributed by atoms with Crippen molar-refractivity contribution in [3.05, 3.63) is 71.3 Å². The molecule has 0 radical (unpaired) electrons. The monoisotopic (exact) mass is 326 g/mol. The van der Waals surface area contributed by atoms with Gasteiger partial charge in [-0.15, -0.1) is 0 Å². The van der Waals surface area contributed by atoms with Crippen LogP contribution in [0.25, 0.3) is 0 Å². The molecule has 0 amide bonds. The summed E-state index contributed by atoms with van der Waals surface area (Å²) in [5.41, 5.74) is 3.55. The van der Waals surface area contributed by atoms with E-state index in [0.29, 0.717) is 6.42 Å². The molecule has 2 aromatic rings. The lowest BCUT2D eigenvalue weighted by molar-refractivity contribution is -0.189. The second kappa shape index (κ2) is 8.97. The molecule has 3 nitrogen and oxygen atoms in total. The largest absolute Gasteiger partial charge is 0.396 e. The Balaban J connectivity index is 1.78. The summed E-state index contributed by atoms with van der Waals surface area (Å²) in [5, 5.41) is 9.19. The lowest BCUT2D eigenvalue weighted by Gasteiger charge is -2.28. The van der Waals surface area contributed by atoms with Crippen LogP contribution in [0, 0.1) is 0 Å². The van der Waals surface area contributed by atoms with E-state index in [-0.39, 0.29) is 19.0 Å². The van der Waals surface area contributed by atoms with Gasteiger partial charge in [0.1, 0.15) is 0 Å². The van der Waals surface area contributed by atoms with Gasteiger partial charge in [0.2, 0.25) is 0 Å². The van der Waals surface area contributed by atoms with Crippen LogP contribution in [0.3, 0.4) is 0 Å². The van der Waals surface area contributed by atoms with E-state index >= 15 is 0 Å². The van der Waals surface area contributed by atoms with Crippen molar-refractivity contribution in [2.45, 2.75) is 44.5 Å². The lowest BCUT2D eigenvalue weighted by atomic mass is 9.98. The zero-order valence-electron chi connectivity index (χ0n) is 14.1. The number of aliphatic hydroxyl groups is 1. The first-order chi connectivity index (χ1) is 11.8. The molecular formula is C21H26O3. The van der Waals surface area contributed by atoms with Crippen molar-refractivity contribution in [1.29, 1.82) is 0 Å². The summed E-state index contributed by atoms with van der Waals surface area (Å²) in [6.45, 7) is 0.951. The van der Waals surface area contributed by atoms with Gasteiger partial charge in [0.05, 0.1) is 6.10 Å². The van der Waals surface area contributed by atoms with Crippen molar-refractivity contribution < 1.29 is 14.6 Å². The fourth-order valence-corrected chi connectivity index (χ4v) is 3.15. The van der Waals surface area contributed by atoms with Crippen molar-refractivity contribution >= 4 is 0 Å². The summed E-state index contributed by atoms with van der Waals surface area (Å²) in [6, 6.07) is 18.8. The van der Waals surface area contributed by atoms with Crippen LogP contribution < -0.4 is 0 Å². The van der Waals surface area contributed by atoms with Gasteiger partial charge in [-0.1, -0.05) is 54.6 Å². The standard InChI is InChI=1S/C21H26O3/c22-13-12-18-9-6-10-19(15-18)20(16-17-7-2-1-3-8-17)24-21-11-4-5-14-23-21/h1-3,6-10,15,20-22H,4-5,11-14,16H2. The molecule has 1 aliphatic heterocycles. The number of rotatable bonds is 7. The molecule has 3 rings (SSSR count). The highest BCUT2D eigenvalue weighted by Gasteiger charge is 2.21. The van der Waals surface area contributed by atoms with E-state index in [2.05, 4.69) is 42.5 Å². The van der Waals surface area contributed by atoms with Gasteiger partial charge in [0, 0.05) is 19.6 Å². The van der Waals surface area contributed by atoms with Gasteiger partial charge in [-0.05, 0) is 42.4 Å². The maximum Gasteiger partial charge on any atom is 0.158 e. The number of hydrogen-bond acceptors (Lipinski definition) is 3. The second-order valence-corrected chi connectivity index (χ2v) is 6.33. The van der Waals surface area contributed by atoms with Crippen molar-refractivity contribution in [3.8, 4) is 0 Å². The molecule has 2 aromatic carbocycles. The Bertz CT molecular complexity index is 605. The first kappa shape index (κ1) is 17.2. The van der Waals surface area contributed by atoms with E-state index < -0.39 is 0 Å².